The van der Waals surface area contributed by atoms with Crippen LogP contribution in [-0.2, 0) is 6.42 Å². The summed E-state index contributed by atoms with van der Waals surface area (Å²) in [5, 5.41) is 9.71. The summed E-state index contributed by atoms with van der Waals surface area (Å²) >= 11 is 1.51. The normalized spacial score (nSPS) is 9.55. The lowest BCUT2D eigenvalue weighted by Gasteiger charge is -1.85. The minimum atomic E-state index is 0.758. The minimum absolute atomic E-state index is 0.758. The van der Waals surface area contributed by atoms with Gasteiger partial charge in [-0.05, 0) is 19.8 Å². The van der Waals surface area contributed by atoms with Crippen LogP contribution in [0.3, 0.4) is 0 Å². The van der Waals surface area contributed by atoms with Crippen molar-refractivity contribution < 1.29 is 0 Å². The van der Waals surface area contributed by atoms with E-state index in [0.29, 0.717) is 0 Å². The Morgan fingerprint density at radius 2 is 2.36 bits per heavy atom. The second kappa shape index (κ2) is 3.49. The predicted molar refractivity (Wildman–Crippen MR) is 45.6 cm³/mol. The van der Waals surface area contributed by atoms with E-state index in [1.807, 2.05) is 6.92 Å². The number of nitriles is 1. The highest BCUT2D eigenvalue weighted by Crippen LogP contribution is 2.17. The summed E-state index contributed by atoms with van der Waals surface area (Å²) < 4.78 is 0. The smallest absolute Gasteiger partial charge is 0.127 e. The summed E-state index contributed by atoms with van der Waals surface area (Å²) in [5.41, 5.74) is 0.876. The summed E-state index contributed by atoms with van der Waals surface area (Å²) in [7, 11) is 0. The number of rotatable bonds is 2. The summed E-state index contributed by atoms with van der Waals surface area (Å²) in [6, 6.07) is 2.13. The molecule has 1 aromatic heterocycles. The van der Waals surface area contributed by atoms with Crippen molar-refractivity contribution in [3.05, 3.63) is 15.6 Å². The van der Waals surface area contributed by atoms with Crippen LogP contribution in [0.5, 0.6) is 0 Å². The van der Waals surface area contributed by atoms with Crippen molar-refractivity contribution >= 4 is 11.3 Å². The van der Waals surface area contributed by atoms with Crippen molar-refractivity contribution in [3.63, 3.8) is 0 Å². The third kappa shape index (κ3) is 1.78. The molecule has 1 rings (SSSR count). The van der Waals surface area contributed by atoms with Gasteiger partial charge in [0.05, 0.1) is 10.7 Å². The maximum Gasteiger partial charge on any atom is 0.127 e. The molecule has 58 valence electrons. The zero-order chi connectivity index (χ0) is 8.27. The molecule has 1 heterocycles. The standard InChI is InChI=1S/C8H10N2S/c1-3-4-8-10-6(2)7(5-9)11-8/h3-4H2,1-2H3. The Bertz CT molecular complexity index is 283. The molecule has 0 saturated heterocycles. The van der Waals surface area contributed by atoms with Gasteiger partial charge in [-0.3, -0.25) is 0 Å². The molecule has 0 aromatic carbocycles. The molecule has 0 unspecified atom stereocenters. The maximum absolute atomic E-state index is 8.62. The van der Waals surface area contributed by atoms with E-state index >= 15 is 0 Å². The molecule has 1 aromatic rings. The van der Waals surface area contributed by atoms with Gasteiger partial charge in [0.25, 0.3) is 0 Å². The first-order chi connectivity index (χ1) is 5.27. The fourth-order valence-electron chi connectivity index (χ4n) is 0.877. The lowest BCUT2D eigenvalue weighted by molar-refractivity contribution is 0.903. The van der Waals surface area contributed by atoms with E-state index in [2.05, 4.69) is 18.0 Å². The average molecular weight is 166 g/mol. The van der Waals surface area contributed by atoms with Crippen LogP contribution in [0, 0.1) is 18.3 Å². The molecule has 0 radical (unpaired) electrons. The highest BCUT2D eigenvalue weighted by Gasteiger charge is 2.04. The van der Waals surface area contributed by atoms with Crippen LogP contribution >= 0.6 is 11.3 Å². The summed E-state index contributed by atoms with van der Waals surface area (Å²) in [4.78, 5) is 5.03. The van der Waals surface area contributed by atoms with Gasteiger partial charge in [0.1, 0.15) is 10.9 Å². The molecule has 0 spiro atoms. The predicted octanol–water partition coefficient (Wildman–Crippen LogP) is 2.28. The molecule has 0 amide bonds. The minimum Gasteiger partial charge on any atom is -0.245 e. The van der Waals surface area contributed by atoms with Crippen molar-refractivity contribution in [2.24, 2.45) is 0 Å². The van der Waals surface area contributed by atoms with E-state index in [-0.39, 0.29) is 0 Å². The van der Waals surface area contributed by atoms with Gasteiger partial charge in [-0.25, -0.2) is 4.98 Å². The molecule has 0 aliphatic carbocycles. The highest BCUT2D eigenvalue weighted by molar-refractivity contribution is 7.12. The zero-order valence-electron chi connectivity index (χ0n) is 6.72. The summed E-state index contributed by atoms with van der Waals surface area (Å²) in [5.74, 6) is 0. The van der Waals surface area contributed by atoms with Gasteiger partial charge < -0.3 is 0 Å². The molecule has 0 fully saturated rings. The van der Waals surface area contributed by atoms with E-state index in [1.165, 1.54) is 11.3 Å². The Labute approximate surface area is 70.5 Å². The lowest BCUT2D eigenvalue weighted by Crippen LogP contribution is -1.80. The van der Waals surface area contributed by atoms with Crippen LogP contribution in [0.25, 0.3) is 0 Å². The van der Waals surface area contributed by atoms with Crippen molar-refractivity contribution in [3.8, 4) is 6.07 Å². The molecule has 0 bridgehead atoms. The van der Waals surface area contributed by atoms with Crippen molar-refractivity contribution in [2.75, 3.05) is 0 Å². The van der Waals surface area contributed by atoms with E-state index in [0.717, 1.165) is 28.4 Å². The topological polar surface area (TPSA) is 36.7 Å². The van der Waals surface area contributed by atoms with Crippen LogP contribution in [0.15, 0.2) is 0 Å². The van der Waals surface area contributed by atoms with Gasteiger partial charge in [0.2, 0.25) is 0 Å². The first-order valence-corrected chi connectivity index (χ1v) is 4.46. The molecule has 0 N–H and O–H groups in total. The first kappa shape index (κ1) is 8.22. The highest BCUT2D eigenvalue weighted by atomic mass is 32.1. The van der Waals surface area contributed by atoms with Gasteiger partial charge in [-0.2, -0.15) is 5.26 Å². The Hall–Kier alpha value is -0.880. The average Bonchev–Trinajstić information content (AvgIpc) is 2.32. The van der Waals surface area contributed by atoms with Crippen molar-refractivity contribution in [1.29, 1.82) is 5.26 Å². The fraction of sp³-hybridized carbons (Fsp3) is 0.500. The SMILES string of the molecule is CCCc1nc(C)c(C#N)s1. The molecular formula is C8H10N2S. The maximum atomic E-state index is 8.62. The zero-order valence-corrected chi connectivity index (χ0v) is 7.53. The van der Waals surface area contributed by atoms with Gasteiger partial charge in [-0.1, -0.05) is 6.92 Å². The van der Waals surface area contributed by atoms with Crippen LogP contribution in [0.2, 0.25) is 0 Å². The van der Waals surface area contributed by atoms with E-state index in [4.69, 9.17) is 5.26 Å². The fourth-order valence-corrected chi connectivity index (χ4v) is 1.84. The summed E-state index contributed by atoms with van der Waals surface area (Å²) in [6.07, 6.45) is 2.09. The van der Waals surface area contributed by atoms with Crippen LogP contribution < -0.4 is 0 Å². The Morgan fingerprint density at radius 1 is 1.64 bits per heavy atom. The number of hydrogen-bond donors (Lipinski definition) is 0. The van der Waals surface area contributed by atoms with Crippen molar-refractivity contribution in [1.82, 2.24) is 4.98 Å². The second-order valence-electron chi connectivity index (χ2n) is 2.38. The number of hydrogen-bond acceptors (Lipinski definition) is 3. The second-order valence-corrected chi connectivity index (χ2v) is 3.47. The third-order valence-corrected chi connectivity index (χ3v) is 2.53. The Kier molecular flexibility index (Phi) is 2.61. The Balaban J connectivity index is 2.89. The quantitative estimate of drug-likeness (QED) is 0.675. The largest absolute Gasteiger partial charge is 0.245 e. The number of thiazole rings is 1. The van der Waals surface area contributed by atoms with Gasteiger partial charge >= 0.3 is 0 Å². The molecule has 0 aliphatic heterocycles. The van der Waals surface area contributed by atoms with E-state index in [1.54, 1.807) is 0 Å². The monoisotopic (exact) mass is 166 g/mol. The Morgan fingerprint density at radius 3 is 2.82 bits per heavy atom. The molecule has 3 heteroatoms. The molecule has 0 saturated carbocycles. The number of aryl methyl sites for hydroxylation is 2. The molecule has 2 nitrogen and oxygen atoms in total. The lowest BCUT2D eigenvalue weighted by atomic mass is 10.3. The number of nitrogens with zero attached hydrogens (tertiary/aromatic N) is 2. The molecule has 11 heavy (non-hydrogen) atoms. The molecular weight excluding hydrogens is 156 g/mol. The van der Waals surface area contributed by atoms with Gasteiger partial charge in [0, 0.05) is 0 Å². The van der Waals surface area contributed by atoms with E-state index in [9.17, 15) is 0 Å². The molecule has 0 atom stereocenters. The van der Waals surface area contributed by atoms with Gasteiger partial charge in [-0.15, -0.1) is 11.3 Å². The molecule has 0 aliphatic rings. The first-order valence-electron chi connectivity index (χ1n) is 3.64. The van der Waals surface area contributed by atoms with E-state index < -0.39 is 0 Å². The van der Waals surface area contributed by atoms with Crippen LogP contribution in [-0.4, -0.2) is 4.98 Å². The van der Waals surface area contributed by atoms with Crippen LogP contribution in [0.4, 0.5) is 0 Å². The number of aromatic nitrogens is 1. The van der Waals surface area contributed by atoms with Gasteiger partial charge in [0.15, 0.2) is 0 Å². The third-order valence-electron chi connectivity index (χ3n) is 1.41. The van der Waals surface area contributed by atoms with Crippen LogP contribution in [0.1, 0.15) is 28.9 Å². The summed E-state index contributed by atoms with van der Waals surface area (Å²) in [6.45, 7) is 4.00. The van der Waals surface area contributed by atoms with Crippen molar-refractivity contribution in [2.45, 2.75) is 26.7 Å².